The fraction of sp³-hybridized carbons (Fsp3) is 0.250. The highest BCUT2D eigenvalue weighted by molar-refractivity contribution is 5.95. The number of aryl methyl sites for hydroxylation is 1. The molecule has 9 heteroatoms. The van der Waals surface area contributed by atoms with Crippen LogP contribution in [0, 0.1) is 10.1 Å². The number of carbonyl (C=O) groups excluding carboxylic acids is 1. The second kappa shape index (κ2) is 6.46. The molecular weight excluding hydrogens is 278 g/mol. The van der Waals surface area contributed by atoms with Gasteiger partial charge in [0.1, 0.15) is 0 Å². The first-order chi connectivity index (χ1) is 10.1. The summed E-state index contributed by atoms with van der Waals surface area (Å²) < 4.78 is 1.64. The van der Waals surface area contributed by atoms with Crippen LogP contribution < -0.4 is 5.32 Å². The number of phenolic OH excluding ortho intramolecular Hbond substituents is 1. The SMILES string of the molecule is O=C(NCCCn1ccnn1)c1ccc([N+](=O)[O-])c(O)c1. The van der Waals surface area contributed by atoms with E-state index in [0.29, 0.717) is 19.5 Å². The molecule has 2 aromatic rings. The number of hydrogen-bond donors (Lipinski definition) is 2. The van der Waals surface area contributed by atoms with Crippen LogP contribution in [0.2, 0.25) is 0 Å². The Morgan fingerprint density at radius 3 is 2.90 bits per heavy atom. The zero-order valence-electron chi connectivity index (χ0n) is 11.0. The van der Waals surface area contributed by atoms with Crippen molar-refractivity contribution in [3.63, 3.8) is 0 Å². The number of aromatic hydroxyl groups is 1. The van der Waals surface area contributed by atoms with Crippen LogP contribution in [0.1, 0.15) is 16.8 Å². The lowest BCUT2D eigenvalue weighted by Gasteiger charge is -2.05. The van der Waals surface area contributed by atoms with Gasteiger partial charge in [-0.25, -0.2) is 0 Å². The molecule has 9 nitrogen and oxygen atoms in total. The van der Waals surface area contributed by atoms with Gasteiger partial charge < -0.3 is 10.4 Å². The van der Waals surface area contributed by atoms with Gasteiger partial charge in [-0.1, -0.05) is 5.21 Å². The van der Waals surface area contributed by atoms with Crippen LogP contribution >= 0.6 is 0 Å². The molecule has 0 saturated heterocycles. The number of phenols is 1. The van der Waals surface area contributed by atoms with E-state index in [1.165, 1.54) is 6.07 Å². The number of nitrogens with zero attached hydrogens (tertiary/aromatic N) is 4. The van der Waals surface area contributed by atoms with Gasteiger partial charge in [0.2, 0.25) is 0 Å². The predicted molar refractivity (Wildman–Crippen MR) is 71.7 cm³/mol. The van der Waals surface area contributed by atoms with E-state index in [1.807, 2.05) is 0 Å². The number of amides is 1. The molecule has 0 bridgehead atoms. The zero-order valence-corrected chi connectivity index (χ0v) is 11.0. The normalized spacial score (nSPS) is 10.3. The molecule has 0 atom stereocenters. The van der Waals surface area contributed by atoms with E-state index < -0.39 is 22.3 Å². The minimum atomic E-state index is -0.713. The third-order valence-electron chi connectivity index (χ3n) is 2.76. The van der Waals surface area contributed by atoms with Crippen LogP contribution in [0.15, 0.2) is 30.6 Å². The van der Waals surface area contributed by atoms with E-state index in [2.05, 4.69) is 15.6 Å². The van der Waals surface area contributed by atoms with Crippen molar-refractivity contribution in [1.29, 1.82) is 0 Å². The van der Waals surface area contributed by atoms with Gasteiger partial charge in [0, 0.05) is 30.9 Å². The van der Waals surface area contributed by atoms with Gasteiger partial charge in [-0.3, -0.25) is 19.6 Å². The second-order valence-corrected chi connectivity index (χ2v) is 4.24. The molecule has 1 heterocycles. The van der Waals surface area contributed by atoms with E-state index in [9.17, 15) is 20.0 Å². The summed E-state index contributed by atoms with van der Waals surface area (Å²) in [6.07, 6.45) is 3.95. The largest absolute Gasteiger partial charge is 0.502 e. The highest BCUT2D eigenvalue weighted by Crippen LogP contribution is 2.26. The Morgan fingerprint density at radius 1 is 1.48 bits per heavy atom. The predicted octanol–water partition coefficient (Wildman–Crippen LogP) is 0.712. The van der Waals surface area contributed by atoms with Gasteiger partial charge in [0.15, 0.2) is 5.75 Å². The number of hydrogen-bond acceptors (Lipinski definition) is 6. The maximum absolute atomic E-state index is 11.8. The van der Waals surface area contributed by atoms with E-state index >= 15 is 0 Å². The van der Waals surface area contributed by atoms with Crippen molar-refractivity contribution in [2.75, 3.05) is 6.54 Å². The fourth-order valence-corrected chi connectivity index (χ4v) is 1.72. The summed E-state index contributed by atoms with van der Waals surface area (Å²) >= 11 is 0. The lowest BCUT2D eigenvalue weighted by molar-refractivity contribution is -0.385. The number of nitro groups is 1. The molecule has 0 aliphatic carbocycles. The molecule has 1 aromatic heterocycles. The van der Waals surface area contributed by atoms with Gasteiger partial charge >= 0.3 is 5.69 Å². The first-order valence-corrected chi connectivity index (χ1v) is 6.17. The molecule has 21 heavy (non-hydrogen) atoms. The van der Waals surface area contributed by atoms with Crippen LogP contribution in [0.5, 0.6) is 5.75 Å². The molecular formula is C12H13N5O4. The van der Waals surface area contributed by atoms with Crippen molar-refractivity contribution >= 4 is 11.6 Å². The third kappa shape index (κ3) is 3.75. The summed E-state index contributed by atoms with van der Waals surface area (Å²) in [4.78, 5) is 21.7. The van der Waals surface area contributed by atoms with Crippen LogP contribution in [0.4, 0.5) is 5.69 Å². The molecule has 1 aromatic carbocycles. The summed E-state index contributed by atoms with van der Waals surface area (Å²) in [6.45, 7) is 1.03. The number of aromatic nitrogens is 3. The Hall–Kier alpha value is -2.97. The minimum absolute atomic E-state index is 0.166. The maximum atomic E-state index is 11.8. The summed E-state index contributed by atoms with van der Waals surface area (Å²) in [6, 6.07) is 3.47. The number of carbonyl (C=O) groups is 1. The average molecular weight is 291 g/mol. The smallest absolute Gasteiger partial charge is 0.310 e. The fourth-order valence-electron chi connectivity index (χ4n) is 1.72. The first kappa shape index (κ1) is 14.4. The van der Waals surface area contributed by atoms with Crippen LogP contribution in [-0.4, -0.2) is 37.5 Å². The van der Waals surface area contributed by atoms with Gasteiger partial charge in [0.25, 0.3) is 5.91 Å². The molecule has 0 unspecified atom stereocenters. The van der Waals surface area contributed by atoms with Crippen molar-refractivity contribution in [2.24, 2.45) is 0 Å². The Morgan fingerprint density at radius 2 is 2.29 bits per heavy atom. The monoisotopic (exact) mass is 291 g/mol. The molecule has 0 spiro atoms. The van der Waals surface area contributed by atoms with Gasteiger partial charge in [-0.15, -0.1) is 5.10 Å². The topological polar surface area (TPSA) is 123 Å². The molecule has 1 amide bonds. The van der Waals surface area contributed by atoms with Gasteiger partial charge in [-0.2, -0.15) is 0 Å². The van der Waals surface area contributed by atoms with Crippen molar-refractivity contribution < 1.29 is 14.8 Å². The lowest BCUT2D eigenvalue weighted by atomic mass is 10.1. The third-order valence-corrected chi connectivity index (χ3v) is 2.76. The van der Waals surface area contributed by atoms with Crippen molar-refractivity contribution in [3.8, 4) is 5.75 Å². The van der Waals surface area contributed by atoms with Crippen LogP contribution in [-0.2, 0) is 6.54 Å². The van der Waals surface area contributed by atoms with Gasteiger partial charge in [0.05, 0.1) is 11.1 Å². The number of nitrogens with one attached hydrogen (secondary N) is 1. The summed E-state index contributed by atoms with van der Waals surface area (Å²) in [7, 11) is 0. The molecule has 0 saturated carbocycles. The number of nitro benzene ring substituents is 1. The summed E-state index contributed by atoms with van der Waals surface area (Å²) in [5.74, 6) is -0.936. The summed E-state index contributed by atoms with van der Waals surface area (Å²) in [5.41, 5.74) is -0.267. The number of benzene rings is 1. The Kier molecular flexibility index (Phi) is 4.44. The molecule has 0 aliphatic heterocycles. The molecule has 110 valence electrons. The highest BCUT2D eigenvalue weighted by atomic mass is 16.6. The lowest BCUT2D eigenvalue weighted by Crippen LogP contribution is -2.25. The number of rotatable bonds is 6. The van der Waals surface area contributed by atoms with E-state index in [4.69, 9.17) is 0 Å². The van der Waals surface area contributed by atoms with Crippen molar-refractivity contribution in [2.45, 2.75) is 13.0 Å². The quantitative estimate of drug-likeness (QED) is 0.459. The minimum Gasteiger partial charge on any atom is -0.502 e. The standard InChI is InChI=1S/C12H13N5O4/c18-11-8-9(2-3-10(11)17(20)21)12(19)13-4-1-6-16-7-5-14-15-16/h2-3,5,7-8,18H,1,4,6H2,(H,13,19). The van der Waals surface area contributed by atoms with E-state index in [-0.39, 0.29) is 5.56 Å². The molecule has 0 aliphatic rings. The van der Waals surface area contributed by atoms with Crippen LogP contribution in [0.25, 0.3) is 0 Å². The Bertz CT molecular complexity index is 641. The van der Waals surface area contributed by atoms with Crippen molar-refractivity contribution in [1.82, 2.24) is 20.3 Å². The van der Waals surface area contributed by atoms with Gasteiger partial charge in [-0.05, 0) is 18.6 Å². The van der Waals surface area contributed by atoms with E-state index in [0.717, 1.165) is 12.1 Å². The molecule has 2 rings (SSSR count). The molecule has 0 radical (unpaired) electrons. The zero-order chi connectivity index (χ0) is 15.2. The maximum Gasteiger partial charge on any atom is 0.310 e. The average Bonchev–Trinajstić information content (AvgIpc) is 2.96. The highest BCUT2D eigenvalue weighted by Gasteiger charge is 2.15. The molecule has 0 fully saturated rings. The Labute approximate surface area is 119 Å². The van der Waals surface area contributed by atoms with Crippen molar-refractivity contribution in [3.05, 3.63) is 46.3 Å². The second-order valence-electron chi connectivity index (χ2n) is 4.24. The summed E-state index contributed by atoms with van der Waals surface area (Å²) in [5, 5.41) is 30.1. The molecule has 2 N–H and O–H groups in total. The first-order valence-electron chi connectivity index (χ1n) is 6.17. The Balaban J connectivity index is 1.85. The van der Waals surface area contributed by atoms with Crippen LogP contribution in [0.3, 0.4) is 0 Å². The van der Waals surface area contributed by atoms with E-state index in [1.54, 1.807) is 17.1 Å².